The van der Waals surface area contributed by atoms with Gasteiger partial charge in [-0.25, -0.2) is 0 Å². The molecular formula is C9H15IO3. The van der Waals surface area contributed by atoms with E-state index in [-0.39, 0.29) is 11.9 Å². The van der Waals surface area contributed by atoms with E-state index in [0.29, 0.717) is 12.8 Å². The Hall–Kier alpha value is -0.130. The first-order valence-corrected chi connectivity index (χ1v) is 5.26. The summed E-state index contributed by atoms with van der Waals surface area (Å²) in [5, 5.41) is 0. The van der Waals surface area contributed by atoms with Crippen LogP contribution in [0.4, 0.5) is 0 Å². The van der Waals surface area contributed by atoms with Gasteiger partial charge < -0.3 is 9.53 Å². The number of hydrogen-bond donors (Lipinski definition) is 0. The Bertz CT molecular complexity index is 191. The fourth-order valence-corrected chi connectivity index (χ4v) is 1.15. The molecule has 3 nitrogen and oxygen atoms in total. The maximum Gasteiger partial charge on any atom is 0.305 e. The molecule has 0 bridgehead atoms. The molecule has 1 unspecified atom stereocenters. The zero-order valence-electron chi connectivity index (χ0n) is 8.17. The van der Waals surface area contributed by atoms with Crippen molar-refractivity contribution < 1.29 is 14.3 Å². The van der Waals surface area contributed by atoms with Crippen molar-refractivity contribution in [1.29, 1.82) is 0 Å². The molecule has 0 radical (unpaired) electrons. The van der Waals surface area contributed by atoms with Gasteiger partial charge in [0, 0.05) is 6.42 Å². The van der Waals surface area contributed by atoms with Gasteiger partial charge >= 0.3 is 5.97 Å². The van der Waals surface area contributed by atoms with Crippen LogP contribution in [-0.2, 0) is 14.3 Å². The fraction of sp³-hybridized carbons (Fsp3) is 0.778. The molecular weight excluding hydrogens is 283 g/mol. The summed E-state index contributed by atoms with van der Waals surface area (Å²) in [7, 11) is 1.35. The summed E-state index contributed by atoms with van der Waals surface area (Å²) in [6.45, 7) is 3.94. The van der Waals surface area contributed by atoms with Crippen LogP contribution in [0.3, 0.4) is 0 Å². The molecule has 0 aromatic rings. The molecule has 0 aliphatic carbocycles. The number of rotatable bonds is 5. The molecule has 0 aliphatic heterocycles. The number of methoxy groups -OCH3 is 1. The Balaban J connectivity index is 4.13. The second kappa shape index (κ2) is 5.57. The smallest absolute Gasteiger partial charge is 0.305 e. The largest absolute Gasteiger partial charge is 0.469 e. The van der Waals surface area contributed by atoms with Crippen molar-refractivity contribution in [2.75, 3.05) is 7.11 Å². The molecule has 1 atom stereocenters. The summed E-state index contributed by atoms with van der Waals surface area (Å²) < 4.78 is 4.07. The lowest BCUT2D eigenvalue weighted by atomic mass is 9.92. The standard InChI is InChI=1S/C9H15IO3/c1-7(2)9(10,6-11)5-4-8(12)13-3/h6-7H,4-5H2,1-3H3. The summed E-state index contributed by atoms with van der Waals surface area (Å²) in [6.07, 6.45) is 1.76. The number of halogens is 1. The molecule has 0 saturated carbocycles. The van der Waals surface area contributed by atoms with Gasteiger partial charge in [-0.05, 0) is 12.3 Å². The van der Waals surface area contributed by atoms with Crippen molar-refractivity contribution >= 4 is 34.8 Å². The fourth-order valence-electron chi connectivity index (χ4n) is 0.879. The number of esters is 1. The number of aldehydes is 1. The second-order valence-electron chi connectivity index (χ2n) is 3.28. The number of alkyl halides is 1. The van der Waals surface area contributed by atoms with E-state index in [0.717, 1.165) is 6.29 Å². The molecule has 0 aliphatic rings. The van der Waals surface area contributed by atoms with Gasteiger partial charge in [0.25, 0.3) is 0 Å². The van der Waals surface area contributed by atoms with Gasteiger partial charge in [-0.2, -0.15) is 0 Å². The van der Waals surface area contributed by atoms with E-state index in [1.54, 1.807) is 0 Å². The third-order valence-corrected chi connectivity index (χ3v) is 4.13. The summed E-state index contributed by atoms with van der Waals surface area (Å²) in [4.78, 5) is 21.7. The highest BCUT2D eigenvalue weighted by Crippen LogP contribution is 2.31. The first-order chi connectivity index (χ1) is 5.96. The van der Waals surface area contributed by atoms with Crippen molar-refractivity contribution in [1.82, 2.24) is 0 Å². The van der Waals surface area contributed by atoms with Gasteiger partial charge in [-0.3, -0.25) is 4.79 Å². The minimum absolute atomic E-state index is 0.232. The maximum atomic E-state index is 10.9. The van der Waals surface area contributed by atoms with E-state index in [1.165, 1.54) is 7.11 Å². The Labute approximate surface area is 92.4 Å². The number of ether oxygens (including phenoxy) is 1. The molecule has 4 heteroatoms. The Kier molecular flexibility index (Phi) is 5.51. The molecule has 13 heavy (non-hydrogen) atoms. The van der Waals surface area contributed by atoms with Crippen LogP contribution in [0.2, 0.25) is 0 Å². The maximum absolute atomic E-state index is 10.9. The molecule has 0 amide bonds. The quantitative estimate of drug-likeness (QED) is 0.337. The lowest BCUT2D eigenvalue weighted by molar-refractivity contribution is -0.140. The van der Waals surface area contributed by atoms with Crippen molar-refractivity contribution in [2.24, 2.45) is 5.92 Å². The van der Waals surface area contributed by atoms with Gasteiger partial charge in [0.15, 0.2) is 0 Å². The molecule has 0 aromatic heterocycles. The summed E-state index contributed by atoms with van der Waals surface area (Å²) in [6, 6.07) is 0. The van der Waals surface area contributed by atoms with Crippen LogP contribution < -0.4 is 0 Å². The Morgan fingerprint density at radius 1 is 1.62 bits per heavy atom. The first kappa shape index (κ1) is 12.9. The lowest BCUT2D eigenvalue weighted by Crippen LogP contribution is -2.30. The minimum atomic E-state index is -0.439. The monoisotopic (exact) mass is 298 g/mol. The van der Waals surface area contributed by atoms with Crippen molar-refractivity contribution in [3.8, 4) is 0 Å². The first-order valence-electron chi connectivity index (χ1n) is 4.18. The van der Waals surface area contributed by atoms with E-state index in [1.807, 2.05) is 13.8 Å². The van der Waals surface area contributed by atoms with Crippen LogP contribution in [-0.4, -0.2) is 22.8 Å². The van der Waals surface area contributed by atoms with Crippen LogP contribution in [0.25, 0.3) is 0 Å². The van der Waals surface area contributed by atoms with Gasteiger partial charge in [-0.1, -0.05) is 36.4 Å². The third kappa shape index (κ3) is 4.06. The zero-order chi connectivity index (χ0) is 10.5. The van der Waals surface area contributed by atoms with Crippen molar-refractivity contribution in [3.63, 3.8) is 0 Å². The highest BCUT2D eigenvalue weighted by Gasteiger charge is 2.30. The average Bonchev–Trinajstić information content (AvgIpc) is 2.13. The van der Waals surface area contributed by atoms with Crippen LogP contribution in [0.1, 0.15) is 26.7 Å². The molecule has 0 aromatic carbocycles. The van der Waals surface area contributed by atoms with E-state index in [2.05, 4.69) is 27.3 Å². The summed E-state index contributed by atoms with van der Waals surface area (Å²) >= 11 is 2.10. The summed E-state index contributed by atoms with van der Waals surface area (Å²) in [5.41, 5.74) is 0. The molecule has 0 saturated heterocycles. The van der Waals surface area contributed by atoms with Gasteiger partial charge in [0.1, 0.15) is 6.29 Å². The predicted octanol–water partition coefficient (Wildman–Crippen LogP) is 1.97. The topological polar surface area (TPSA) is 43.4 Å². The third-order valence-electron chi connectivity index (χ3n) is 2.10. The van der Waals surface area contributed by atoms with Crippen molar-refractivity contribution in [3.05, 3.63) is 0 Å². The van der Waals surface area contributed by atoms with Crippen molar-refractivity contribution in [2.45, 2.75) is 30.1 Å². The molecule has 0 heterocycles. The Morgan fingerprint density at radius 2 is 2.15 bits per heavy atom. The normalized spacial score (nSPS) is 15.2. The Morgan fingerprint density at radius 3 is 2.46 bits per heavy atom. The lowest BCUT2D eigenvalue weighted by Gasteiger charge is -2.24. The predicted molar refractivity (Wildman–Crippen MR) is 58.9 cm³/mol. The second-order valence-corrected chi connectivity index (χ2v) is 5.28. The van der Waals surface area contributed by atoms with Gasteiger partial charge in [0.05, 0.1) is 10.5 Å². The van der Waals surface area contributed by atoms with Crippen LogP contribution in [0, 0.1) is 5.92 Å². The molecule has 0 fully saturated rings. The molecule has 76 valence electrons. The number of carbonyl (C=O) groups excluding carboxylic acids is 2. The van der Waals surface area contributed by atoms with Crippen LogP contribution >= 0.6 is 22.6 Å². The number of hydrogen-bond acceptors (Lipinski definition) is 3. The SMILES string of the molecule is COC(=O)CCC(I)(C=O)C(C)C. The molecule has 0 rings (SSSR count). The van der Waals surface area contributed by atoms with Gasteiger partial charge in [-0.15, -0.1) is 0 Å². The molecule has 0 N–H and O–H groups in total. The average molecular weight is 298 g/mol. The van der Waals surface area contributed by atoms with E-state index in [4.69, 9.17) is 0 Å². The zero-order valence-corrected chi connectivity index (χ0v) is 10.3. The van der Waals surface area contributed by atoms with Gasteiger partial charge in [0.2, 0.25) is 0 Å². The van der Waals surface area contributed by atoms with Crippen LogP contribution in [0.5, 0.6) is 0 Å². The van der Waals surface area contributed by atoms with E-state index >= 15 is 0 Å². The van der Waals surface area contributed by atoms with E-state index in [9.17, 15) is 9.59 Å². The van der Waals surface area contributed by atoms with Crippen LogP contribution in [0.15, 0.2) is 0 Å². The minimum Gasteiger partial charge on any atom is -0.469 e. The summed E-state index contributed by atoms with van der Waals surface area (Å²) in [5.74, 6) is -0.0289. The van der Waals surface area contributed by atoms with E-state index < -0.39 is 3.42 Å². The highest BCUT2D eigenvalue weighted by molar-refractivity contribution is 14.1. The highest BCUT2D eigenvalue weighted by atomic mass is 127. The number of carbonyl (C=O) groups is 2. The molecule has 0 spiro atoms.